The highest BCUT2D eigenvalue weighted by Gasteiger charge is 2.46. The van der Waals surface area contributed by atoms with Crippen molar-refractivity contribution in [1.29, 1.82) is 0 Å². The summed E-state index contributed by atoms with van der Waals surface area (Å²) < 4.78 is 41.8. The molecule has 1 saturated heterocycles. The zero-order chi connectivity index (χ0) is 21.8. The number of H-pyrrole nitrogens is 1. The zero-order valence-electron chi connectivity index (χ0n) is 17.8. The van der Waals surface area contributed by atoms with Gasteiger partial charge in [0.05, 0.1) is 0 Å². The Kier molecular flexibility index (Phi) is 5.07. The fourth-order valence-electron chi connectivity index (χ4n) is 4.33. The van der Waals surface area contributed by atoms with Gasteiger partial charge in [-0.25, -0.2) is 18.7 Å². The largest absolute Gasteiger partial charge is 0.351 e. The number of rotatable bonds is 6. The van der Waals surface area contributed by atoms with E-state index in [4.69, 9.17) is 0 Å². The predicted octanol–water partition coefficient (Wildman–Crippen LogP) is 4.00. The molecule has 168 valence electrons. The molecule has 10 heteroatoms. The number of aromatic amines is 1. The van der Waals surface area contributed by atoms with E-state index in [1.54, 1.807) is 6.07 Å². The Balaban J connectivity index is 1.36. The fraction of sp³-hybridized carbons (Fsp3) is 0.667. The van der Waals surface area contributed by atoms with Crippen LogP contribution in [-0.4, -0.2) is 63.2 Å². The average molecular weight is 435 g/mol. The standard InChI is InChI=1S/C21H28F3N7/c1-12(2)30-5-7-31(8-6-30)20-17(22)19(26-18(27-20)13-3-4-13)25-16-9-15(28-29-16)14-10-21(23,24)11-14/h9,12-14H,3-8,10-11H2,1-2H3,(H2,25,26,27,28,29). The van der Waals surface area contributed by atoms with E-state index < -0.39 is 11.7 Å². The molecule has 5 rings (SSSR count). The van der Waals surface area contributed by atoms with Gasteiger partial charge in [-0.15, -0.1) is 0 Å². The molecule has 0 aromatic carbocycles. The number of anilines is 3. The summed E-state index contributed by atoms with van der Waals surface area (Å²) in [5.41, 5.74) is 0.635. The Bertz CT molecular complexity index is 940. The number of piperazine rings is 1. The molecular weight excluding hydrogens is 407 g/mol. The van der Waals surface area contributed by atoms with Gasteiger partial charge < -0.3 is 10.2 Å². The van der Waals surface area contributed by atoms with Gasteiger partial charge in [0, 0.05) is 68.7 Å². The molecule has 3 fully saturated rings. The van der Waals surface area contributed by atoms with E-state index in [0.29, 0.717) is 42.3 Å². The van der Waals surface area contributed by atoms with Crippen molar-refractivity contribution >= 4 is 17.5 Å². The molecular formula is C21H28F3N7. The van der Waals surface area contributed by atoms with Crippen molar-refractivity contribution in [3.05, 3.63) is 23.4 Å². The van der Waals surface area contributed by atoms with Gasteiger partial charge in [-0.05, 0) is 26.7 Å². The molecule has 2 N–H and O–H groups in total. The first-order valence-electron chi connectivity index (χ1n) is 11.1. The second-order valence-electron chi connectivity index (χ2n) is 9.25. The van der Waals surface area contributed by atoms with E-state index in [1.807, 2.05) is 4.90 Å². The minimum absolute atomic E-state index is 0.0928. The highest BCUT2D eigenvalue weighted by Crippen LogP contribution is 2.48. The van der Waals surface area contributed by atoms with Gasteiger partial charge in [-0.2, -0.15) is 9.49 Å². The molecule has 0 spiro atoms. The summed E-state index contributed by atoms with van der Waals surface area (Å²) in [6.07, 6.45) is 1.64. The van der Waals surface area contributed by atoms with Crippen LogP contribution in [0.1, 0.15) is 62.9 Å². The van der Waals surface area contributed by atoms with Crippen LogP contribution in [0.15, 0.2) is 6.07 Å². The van der Waals surface area contributed by atoms with E-state index in [9.17, 15) is 8.78 Å². The highest BCUT2D eigenvalue weighted by molar-refractivity contribution is 5.59. The van der Waals surface area contributed by atoms with Crippen LogP contribution < -0.4 is 10.2 Å². The Hall–Kier alpha value is -2.36. The van der Waals surface area contributed by atoms with E-state index in [0.717, 1.165) is 25.9 Å². The molecule has 2 aromatic heterocycles. The third kappa shape index (κ3) is 4.22. The summed E-state index contributed by atoms with van der Waals surface area (Å²) in [5.74, 6) is -1.63. The molecule has 2 aromatic rings. The van der Waals surface area contributed by atoms with Crippen LogP contribution >= 0.6 is 0 Å². The van der Waals surface area contributed by atoms with Gasteiger partial charge in [-0.1, -0.05) is 0 Å². The van der Waals surface area contributed by atoms with Crippen LogP contribution in [-0.2, 0) is 0 Å². The SMILES string of the molecule is CC(C)N1CCN(c2nc(C3CC3)nc(Nc3cc(C4CC(F)(F)C4)[nH]n3)c2F)CC1. The maximum atomic E-state index is 15.4. The molecule has 0 bridgehead atoms. The van der Waals surface area contributed by atoms with Gasteiger partial charge in [0.2, 0.25) is 11.7 Å². The number of halogens is 3. The smallest absolute Gasteiger partial charge is 0.249 e. The maximum absolute atomic E-state index is 15.4. The van der Waals surface area contributed by atoms with Gasteiger partial charge in [-0.3, -0.25) is 10.00 Å². The monoisotopic (exact) mass is 435 g/mol. The van der Waals surface area contributed by atoms with Gasteiger partial charge >= 0.3 is 0 Å². The van der Waals surface area contributed by atoms with Crippen molar-refractivity contribution in [1.82, 2.24) is 25.1 Å². The molecule has 3 aliphatic rings. The summed E-state index contributed by atoms with van der Waals surface area (Å²) in [6.45, 7) is 7.46. The van der Waals surface area contributed by atoms with E-state index in [-0.39, 0.29) is 30.5 Å². The molecule has 2 saturated carbocycles. The van der Waals surface area contributed by atoms with Crippen LogP contribution in [0.5, 0.6) is 0 Å². The van der Waals surface area contributed by atoms with Crippen LogP contribution in [0.4, 0.5) is 30.6 Å². The highest BCUT2D eigenvalue weighted by atomic mass is 19.3. The molecule has 0 unspecified atom stereocenters. The second-order valence-corrected chi connectivity index (χ2v) is 9.25. The Morgan fingerprint density at radius 3 is 2.42 bits per heavy atom. The number of alkyl halides is 2. The lowest BCUT2D eigenvalue weighted by Gasteiger charge is -2.37. The summed E-state index contributed by atoms with van der Waals surface area (Å²) in [7, 11) is 0. The fourth-order valence-corrected chi connectivity index (χ4v) is 4.33. The average Bonchev–Trinajstić information content (AvgIpc) is 3.47. The quantitative estimate of drug-likeness (QED) is 0.715. The normalized spacial score (nSPS) is 22.1. The molecule has 0 radical (unpaired) electrons. The lowest BCUT2D eigenvalue weighted by Crippen LogP contribution is -2.49. The van der Waals surface area contributed by atoms with Crippen molar-refractivity contribution in [2.45, 2.75) is 63.3 Å². The van der Waals surface area contributed by atoms with Gasteiger partial charge in [0.15, 0.2) is 17.5 Å². The topological polar surface area (TPSA) is 73.0 Å². The first-order valence-corrected chi connectivity index (χ1v) is 11.1. The van der Waals surface area contributed by atoms with Gasteiger partial charge in [0.25, 0.3) is 0 Å². The lowest BCUT2D eigenvalue weighted by molar-refractivity contribution is -0.0876. The van der Waals surface area contributed by atoms with Crippen LogP contribution in [0, 0.1) is 5.82 Å². The summed E-state index contributed by atoms with van der Waals surface area (Å²) in [6, 6.07) is 2.13. The van der Waals surface area contributed by atoms with E-state index in [1.165, 1.54) is 0 Å². The van der Waals surface area contributed by atoms with Crippen LogP contribution in [0.3, 0.4) is 0 Å². The number of hydrogen-bond donors (Lipinski definition) is 2. The Morgan fingerprint density at radius 2 is 1.81 bits per heavy atom. The number of hydrogen-bond acceptors (Lipinski definition) is 6. The molecule has 1 aliphatic heterocycles. The third-order valence-corrected chi connectivity index (χ3v) is 6.51. The molecule has 2 aliphatic carbocycles. The molecule has 31 heavy (non-hydrogen) atoms. The first kappa shape index (κ1) is 20.5. The molecule has 7 nitrogen and oxygen atoms in total. The minimum Gasteiger partial charge on any atom is -0.351 e. The number of aromatic nitrogens is 4. The Labute approximate surface area is 179 Å². The van der Waals surface area contributed by atoms with Crippen molar-refractivity contribution in [2.75, 3.05) is 36.4 Å². The lowest BCUT2D eigenvalue weighted by atomic mass is 9.79. The molecule has 0 amide bonds. The summed E-state index contributed by atoms with van der Waals surface area (Å²) in [5, 5.41) is 9.89. The third-order valence-electron chi connectivity index (χ3n) is 6.51. The van der Waals surface area contributed by atoms with E-state index >= 15 is 4.39 Å². The first-order chi connectivity index (χ1) is 14.8. The molecule has 3 heterocycles. The van der Waals surface area contributed by atoms with Crippen LogP contribution in [0.25, 0.3) is 0 Å². The second kappa shape index (κ2) is 7.65. The number of nitrogens with one attached hydrogen (secondary N) is 2. The predicted molar refractivity (Wildman–Crippen MR) is 112 cm³/mol. The maximum Gasteiger partial charge on any atom is 0.249 e. The van der Waals surface area contributed by atoms with Gasteiger partial charge in [0.1, 0.15) is 5.82 Å². The van der Waals surface area contributed by atoms with Crippen molar-refractivity contribution in [2.24, 2.45) is 0 Å². The Morgan fingerprint density at radius 1 is 1.10 bits per heavy atom. The van der Waals surface area contributed by atoms with E-state index in [2.05, 4.69) is 44.2 Å². The van der Waals surface area contributed by atoms with Crippen molar-refractivity contribution in [3.8, 4) is 0 Å². The van der Waals surface area contributed by atoms with Crippen LogP contribution in [0.2, 0.25) is 0 Å². The number of nitrogens with zero attached hydrogens (tertiary/aromatic N) is 5. The molecule has 0 atom stereocenters. The van der Waals surface area contributed by atoms with Crippen molar-refractivity contribution < 1.29 is 13.2 Å². The summed E-state index contributed by atoms with van der Waals surface area (Å²) in [4.78, 5) is 13.4. The minimum atomic E-state index is -2.60. The summed E-state index contributed by atoms with van der Waals surface area (Å²) >= 11 is 0. The zero-order valence-corrected chi connectivity index (χ0v) is 17.8. The van der Waals surface area contributed by atoms with Crippen molar-refractivity contribution in [3.63, 3.8) is 0 Å².